The molecule has 5 heteroatoms. The summed E-state index contributed by atoms with van der Waals surface area (Å²) in [6.45, 7) is 0.339. The van der Waals surface area contributed by atoms with Gasteiger partial charge in [0.05, 0.1) is 5.69 Å². The highest BCUT2D eigenvalue weighted by Gasteiger charge is 2.10. The van der Waals surface area contributed by atoms with E-state index in [1.165, 1.54) is 12.1 Å². The molecule has 0 aliphatic carbocycles. The third-order valence-corrected chi connectivity index (χ3v) is 4.03. The molecule has 3 nitrogen and oxygen atoms in total. The highest BCUT2D eigenvalue weighted by molar-refractivity contribution is 9.10. The van der Waals surface area contributed by atoms with E-state index in [4.69, 9.17) is 0 Å². The second-order valence-corrected chi connectivity index (χ2v) is 6.13. The predicted octanol–water partition coefficient (Wildman–Crippen LogP) is 4.58. The zero-order valence-corrected chi connectivity index (χ0v) is 14.3. The Morgan fingerprint density at radius 3 is 2.62 bits per heavy atom. The average Bonchev–Trinajstić information content (AvgIpc) is 2.61. The lowest BCUT2D eigenvalue weighted by Crippen LogP contribution is -2.23. The van der Waals surface area contributed by atoms with Crippen molar-refractivity contribution in [1.82, 2.24) is 10.3 Å². The molecule has 2 aromatic carbocycles. The van der Waals surface area contributed by atoms with Crippen LogP contribution in [0.2, 0.25) is 0 Å². The summed E-state index contributed by atoms with van der Waals surface area (Å²) in [4.78, 5) is 16.6. The molecule has 0 saturated heterocycles. The van der Waals surface area contributed by atoms with Crippen molar-refractivity contribution in [2.45, 2.75) is 6.54 Å². The number of pyridine rings is 1. The Balaban J connectivity index is 1.78. The highest BCUT2D eigenvalue weighted by Crippen LogP contribution is 2.21. The van der Waals surface area contributed by atoms with Gasteiger partial charge in [-0.2, -0.15) is 0 Å². The molecule has 3 rings (SSSR count). The lowest BCUT2D eigenvalue weighted by molar-refractivity contribution is 0.0951. The molecular weight excluding hydrogens is 371 g/mol. The first kappa shape index (κ1) is 16.3. The van der Waals surface area contributed by atoms with Gasteiger partial charge in [-0.25, -0.2) is 4.39 Å². The standard InChI is InChI=1S/C19H14BrFN2O/c20-16-5-1-3-14(11-16)19(24)23-12-15-4-2-10-22-18(15)13-6-8-17(21)9-7-13/h1-11H,12H2,(H,23,24). The van der Waals surface area contributed by atoms with Gasteiger partial charge in [-0.1, -0.05) is 28.1 Å². The lowest BCUT2D eigenvalue weighted by atomic mass is 10.1. The minimum absolute atomic E-state index is 0.162. The number of rotatable bonds is 4. The second-order valence-electron chi connectivity index (χ2n) is 5.21. The number of aromatic nitrogens is 1. The molecule has 0 saturated carbocycles. The molecule has 120 valence electrons. The zero-order valence-electron chi connectivity index (χ0n) is 12.7. The summed E-state index contributed by atoms with van der Waals surface area (Å²) in [6.07, 6.45) is 1.68. The monoisotopic (exact) mass is 384 g/mol. The summed E-state index contributed by atoms with van der Waals surface area (Å²) in [7, 11) is 0. The molecular formula is C19H14BrFN2O. The van der Waals surface area contributed by atoms with Crippen LogP contribution in [0.25, 0.3) is 11.3 Å². The Bertz CT molecular complexity index is 865. The van der Waals surface area contributed by atoms with Gasteiger partial charge in [-0.15, -0.1) is 0 Å². The fraction of sp³-hybridized carbons (Fsp3) is 0.0526. The van der Waals surface area contributed by atoms with E-state index in [1.807, 2.05) is 24.3 Å². The Hall–Kier alpha value is -2.53. The summed E-state index contributed by atoms with van der Waals surface area (Å²) in [5.74, 6) is -0.454. The largest absolute Gasteiger partial charge is 0.348 e. The molecule has 0 radical (unpaired) electrons. The van der Waals surface area contributed by atoms with Crippen LogP contribution in [0.5, 0.6) is 0 Å². The lowest BCUT2D eigenvalue weighted by Gasteiger charge is -2.10. The van der Waals surface area contributed by atoms with Crippen LogP contribution >= 0.6 is 15.9 Å². The van der Waals surface area contributed by atoms with Crippen LogP contribution in [0.15, 0.2) is 71.3 Å². The van der Waals surface area contributed by atoms with E-state index in [0.29, 0.717) is 12.1 Å². The van der Waals surface area contributed by atoms with E-state index in [1.54, 1.807) is 30.5 Å². The minimum Gasteiger partial charge on any atom is -0.348 e. The van der Waals surface area contributed by atoms with E-state index < -0.39 is 0 Å². The van der Waals surface area contributed by atoms with Crippen molar-refractivity contribution in [2.75, 3.05) is 0 Å². The average molecular weight is 385 g/mol. The number of benzene rings is 2. The van der Waals surface area contributed by atoms with Crippen LogP contribution < -0.4 is 5.32 Å². The molecule has 0 aliphatic heterocycles. The first-order chi connectivity index (χ1) is 11.6. The predicted molar refractivity (Wildman–Crippen MR) is 94.9 cm³/mol. The van der Waals surface area contributed by atoms with Gasteiger partial charge < -0.3 is 5.32 Å². The summed E-state index contributed by atoms with van der Waals surface area (Å²) < 4.78 is 13.9. The smallest absolute Gasteiger partial charge is 0.251 e. The van der Waals surface area contributed by atoms with Crippen LogP contribution in [0.4, 0.5) is 4.39 Å². The molecule has 1 amide bonds. The van der Waals surface area contributed by atoms with Crippen molar-refractivity contribution in [3.63, 3.8) is 0 Å². The Morgan fingerprint density at radius 2 is 1.88 bits per heavy atom. The molecule has 3 aromatic rings. The molecule has 0 spiro atoms. The van der Waals surface area contributed by atoms with Crippen molar-refractivity contribution in [2.24, 2.45) is 0 Å². The number of nitrogens with zero attached hydrogens (tertiary/aromatic N) is 1. The first-order valence-corrected chi connectivity index (χ1v) is 8.16. The third-order valence-electron chi connectivity index (χ3n) is 3.54. The van der Waals surface area contributed by atoms with E-state index in [2.05, 4.69) is 26.2 Å². The molecule has 0 unspecified atom stereocenters. The van der Waals surface area contributed by atoms with Gasteiger partial charge in [0.1, 0.15) is 5.82 Å². The molecule has 1 heterocycles. The fourth-order valence-corrected chi connectivity index (χ4v) is 2.76. The van der Waals surface area contributed by atoms with Gasteiger partial charge in [0, 0.05) is 28.3 Å². The van der Waals surface area contributed by atoms with Crippen molar-refractivity contribution < 1.29 is 9.18 Å². The van der Waals surface area contributed by atoms with Gasteiger partial charge in [-0.05, 0) is 54.1 Å². The van der Waals surface area contributed by atoms with Crippen LogP contribution in [-0.2, 0) is 6.54 Å². The minimum atomic E-state index is -0.292. The number of halogens is 2. The zero-order chi connectivity index (χ0) is 16.9. The van der Waals surface area contributed by atoms with Gasteiger partial charge in [-0.3, -0.25) is 9.78 Å². The summed E-state index contributed by atoms with van der Waals surface area (Å²) >= 11 is 3.35. The summed E-state index contributed by atoms with van der Waals surface area (Å²) in [5.41, 5.74) is 2.99. The van der Waals surface area contributed by atoms with Crippen LogP contribution in [0.3, 0.4) is 0 Å². The van der Waals surface area contributed by atoms with Crippen molar-refractivity contribution in [3.8, 4) is 11.3 Å². The Labute approximate surface area is 147 Å². The van der Waals surface area contributed by atoms with Crippen molar-refractivity contribution in [3.05, 3.63) is 88.3 Å². The molecule has 0 fully saturated rings. The van der Waals surface area contributed by atoms with Crippen LogP contribution in [0.1, 0.15) is 15.9 Å². The molecule has 0 atom stereocenters. The molecule has 0 aliphatic rings. The second kappa shape index (κ2) is 7.36. The number of amides is 1. The highest BCUT2D eigenvalue weighted by atomic mass is 79.9. The maximum Gasteiger partial charge on any atom is 0.251 e. The summed E-state index contributed by atoms with van der Waals surface area (Å²) in [5, 5.41) is 2.89. The number of hydrogen-bond donors (Lipinski definition) is 1. The van der Waals surface area contributed by atoms with E-state index in [-0.39, 0.29) is 11.7 Å². The third kappa shape index (κ3) is 3.86. The number of hydrogen-bond acceptors (Lipinski definition) is 2. The van der Waals surface area contributed by atoms with Crippen molar-refractivity contribution >= 4 is 21.8 Å². The van der Waals surface area contributed by atoms with E-state index in [0.717, 1.165) is 21.3 Å². The maximum atomic E-state index is 13.1. The fourth-order valence-electron chi connectivity index (χ4n) is 2.36. The molecule has 1 aromatic heterocycles. The molecule has 24 heavy (non-hydrogen) atoms. The SMILES string of the molecule is O=C(NCc1cccnc1-c1ccc(F)cc1)c1cccc(Br)c1. The van der Waals surface area contributed by atoms with E-state index >= 15 is 0 Å². The Morgan fingerprint density at radius 1 is 1.08 bits per heavy atom. The first-order valence-electron chi connectivity index (χ1n) is 7.37. The maximum absolute atomic E-state index is 13.1. The van der Waals surface area contributed by atoms with Crippen LogP contribution in [-0.4, -0.2) is 10.9 Å². The summed E-state index contributed by atoms with van der Waals surface area (Å²) in [6, 6.07) is 17.1. The number of carbonyl (C=O) groups excluding carboxylic acids is 1. The van der Waals surface area contributed by atoms with Crippen LogP contribution in [0, 0.1) is 5.82 Å². The Kier molecular flexibility index (Phi) is 5.01. The van der Waals surface area contributed by atoms with E-state index in [9.17, 15) is 9.18 Å². The number of nitrogens with one attached hydrogen (secondary N) is 1. The molecule has 1 N–H and O–H groups in total. The van der Waals surface area contributed by atoms with Gasteiger partial charge >= 0.3 is 0 Å². The molecule has 0 bridgehead atoms. The topological polar surface area (TPSA) is 42.0 Å². The van der Waals surface area contributed by atoms with Gasteiger partial charge in [0.25, 0.3) is 5.91 Å². The van der Waals surface area contributed by atoms with Crippen molar-refractivity contribution in [1.29, 1.82) is 0 Å². The quantitative estimate of drug-likeness (QED) is 0.715. The normalized spacial score (nSPS) is 10.4. The number of carbonyl (C=O) groups is 1. The van der Waals surface area contributed by atoms with Gasteiger partial charge in [0.2, 0.25) is 0 Å². The van der Waals surface area contributed by atoms with Gasteiger partial charge in [0.15, 0.2) is 0 Å².